The smallest absolute Gasteiger partial charge is 0.317 e. The summed E-state index contributed by atoms with van der Waals surface area (Å²) in [6, 6.07) is 8.45. The number of hydrogen-bond acceptors (Lipinski definition) is 3. The lowest BCUT2D eigenvalue weighted by Crippen LogP contribution is -2.46. The third-order valence-electron chi connectivity index (χ3n) is 5.36. The Morgan fingerprint density at radius 3 is 2.71 bits per heavy atom. The van der Waals surface area contributed by atoms with Gasteiger partial charge in [-0.15, -0.1) is 0 Å². The highest BCUT2D eigenvalue weighted by Crippen LogP contribution is 2.22. The lowest BCUT2D eigenvalue weighted by molar-refractivity contribution is 0.137. The number of para-hydroxylation sites is 1. The van der Waals surface area contributed by atoms with Crippen molar-refractivity contribution in [3.8, 4) is 0 Å². The maximum absolute atomic E-state index is 11.8. The summed E-state index contributed by atoms with van der Waals surface area (Å²) in [5, 5.41) is 14.0. The summed E-state index contributed by atoms with van der Waals surface area (Å²) in [4.78, 5) is 16.2. The first-order valence-corrected chi connectivity index (χ1v) is 8.77. The largest absolute Gasteiger partial charge is 0.428 e. The molecule has 2 aliphatic rings. The fourth-order valence-electron chi connectivity index (χ4n) is 4.00. The lowest BCUT2D eigenvalue weighted by atomic mass is 10.0. The molecule has 0 aliphatic carbocycles. The first kappa shape index (κ1) is 15.3. The maximum atomic E-state index is 11.8. The van der Waals surface area contributed by atoms with Crippen molar-refractivity contribution in [2.45, 2.75) is 25.3 Å². The van der Waals surface area contributed by atoms with Gasteiger partial charge in [0.2, 0.25) is 0 Å². The Labute approximate surface area is 141 Å². The second-order valence-electron chi connectivity index (χ2n) is 6.76. The summed E-state index contributed by atoms with van der Waals surface area (Å²) in [5.74, 6) is 0. The normalized spacial score (nSPS) is 20.0. The van der Waals surface area contributed by atoms with E-state index in [9.17, 15) is 10.0 Å². The van der Waals surface area contributed by atoms with E-state index in [1.165, 1.54) is 10.3 Å². The number of rotatable bonds is 4. The highest BCUT2D eigenvalue weighted by Gasteiger charge is 2.30. The number of hydrogen-bond donors (Lipinski definition) is 2. The molecule has 3 heterocycles. The number of nitrogens with zero attached hydrogens (tertiary/aromatic N) is 3. The van der Waals surface area contributed by atoms with Crippen LogP contribution in [0.2, 0.25) is 0 Å². The summed E-state index contributed by atoms with van der Waals surface area (Å²) in [5.41, 5.74) is 2.06. The standard InChI is InChI=1S/C18H24N4O2/c23-18-19-8-12-21(18)15-6-10-20(11-7-15)9-5-14-13-22(24)17-4-2-1-3-16(14)17/h1-4,13,15,24H,5-12H2,(H,19,23). The molecule has 2 aromatic rings. The predicted octanol–water partition coefficient (Wildman–Crippen LogP) is 1.91. The van der Waals surface area contributed by atoms with Gasteiger partial charge in [-0.1, -0.05) is 18.2 Å². The van der Waals surface area contributed by atoms with Crippen molar-refractivity contribution in [2.24, 2.45) is 0 Å². The fourth-order valence-corrected chi connectivity index (χ4v) is 4.00. The van der Waals surface area contributed by atoms with Crippen molar-refractivity contribution in [3.63, 3.8) is 0 Å². The van der Waals surface area contributed by atoms with Crippen molar-refractivity contribution in [1.29, 1.82) is 0 Å². The molecule has 6 heteroatoms. The molecule has 24 heavy (non-hydrogen) atoms. The number of amides is 2. The quantitative estimate of drug-likeness (QED) is 0.843. The predicted molar refractivity (Wildman–Crippen MR) is 92.4 cm³/mol. The highest BCUT2D eigenvalue weighted by atomic mass is 16.5. The molecule has 2 amide bonds. The molecule has 1 aromatic heterocycles. The van der Waals surface area contributed by atoms with Crippen LogP contribution in [0.3, 0.4) is 0 Å². The van der Waals surface area contributed by atoms with Gasteiger partial charge in [-0.05, 0) is 30.9 Å². The monoisotopic (exact) mass is 328 g/mol. The molecule has 128 valence electrons. The molecule has 0 bridgehead atoms. The SMILES string of the molecule is O=C1NCCN1C1CCN(CCc2cn(O)c3ccccc23)CC1. The third kappa shape index (κ3) is 2.82. The Balaban J connectivity index is 1.33. The molecule has 2 aliphatic heterocycles. The van der Waals surface area contributed by atoms with Gasteiger partial charge in [0.05, 0.1) is 5.52 Å². The molecule has 0 radical (unpaired) electrons. The molecular formula is C18H24N4O2. The van der Waals surface area contributed by atoms with E-state index in [1.54, 1.807) is 0 Å². The van der Waals surface area contributed by atoms with Gasteiger partial charge in [0.25, 0.3) is 0 Å². The van der Waals surface area contributed by atoms with Gasteiger partial charge in [-0.2, -0.15) is 4.73 Å². The van der Waals surface area contributed by atoms with E-state index < -0.39 is 0 Å². The number of nitrogens with one attached hydrogen (secondary N) is 1. The van der Waals surface area contributed by atoms with Gasteiger partial charge in [0.1, 0.15) is 0 Å². The summed E-state index contributed by atoms with van der Waals surface area (Å²) >= 11 is 0. The maximum Gasteiger partial charge on any atom is 0.317 e. The van der Waals surface area contributed by atoms with Crippen LogP contribution in [0.5, 0.6) is 0 Å². The third-order valence-corrected chi connectivity index (χ3v) is 5.36. The summed E-state index contributed by atoms with van der Waals surface area (Å²) < 4.78 is 1.23. The van der Waals surface area contributed by atoms with Crippen LogP contribution < -0.4 is 5.32 Å². The zero-order valence-electron chi connectivity index (χ0n) is 13.8. The second-order valence-corrected chi connectivity index (χ2v) is 6.76. The Bertz CT molecular complexity index is 734. The molecule has 0 spiro atoms. The summed E-state index contributed by atoms with van der Waals surface area (Å²) in [7, 11) is 0. The van der Waals surface area contributed by atoms with Crippen molar-refractivity contribution in [3.05, 3.63) is 36.0 Å². The average molecular weight is 328 g/mol. The van der Waals surface area contributed by atoms with E-state index in [4.69, 9.17) is 0 Å². The van der Waals surface area contributed by atoms with Crippen molar-refractivity contribution >= 4 is 16.9 Å². The minimum Gasteiger partial charge on any atom is -0.428 e. The average Bonchev–Trinajstić information content (AvgIpc) is 3.18. The van der Waals surface area contributed by atoms with Crippen LogP contribution in [0.25, 0.3) is 10.9 Å². The van der Waals surface area contributed by atoms with E-state index in [0.717, 1.165) is 62.9 Å². The van der Waals surface area contributed by atoms with Crippen LogP contribution in [-0.4, -0.2) is 64.5 Å². The lowest BCUT2D eigenvalue weighted by Gasteiger charge is -2.36. The Morgan fingerprint density at radius 2 is 1.96 bits per heavy atom. The van der Waals surface area contributed by atoms with Gasteiger partial charge in [0, 0.05) is 50.3 Å². The van der Waals surface area contributed by atoms with E-state index in [2.05, 4.69) is 16.3 Å². The number of urea groups is 1. The fraction of sp³-hybridized carbons (Fsp3) is 0.500. The number of carbonyl (C=O) groups excluding carboxylic acids is 1. The van der Waals surface area contributed by atoms with Crippen LogP contribution in [0.1, 0.15) is 18.4 Å². The van der Waals surface area contributed by atoms with Gasteiger partial charge >= 0.3 is 6.03 Å². The number of benzene rings is 1. The molecule has 0 atom stereocenters. The molecule has 2 saturated heterocycles. The van der Waals surface area contributed by atoms with Gasteiger partial charge < -0.3 is 20.3 Å². The van der Waals surface area contributed by atoms with Crippen molar-refractivity contribution < 1.29 is 10.0 Å². The summed E-state index contributed by atoms with van der Waals surface area (Å²) in [6.45, 7) is 4.69. The zero-order valence-corrected chi connectivity index (χ0v) is 13.8. The minimum atomic E-state index is 0.101. The number of piperidine rings is 1. The van der Waals surface area contributed by atoms with E-state index >= 15 is 0 Å². The minimum absolute atomic E-state index is 0.101. The van der Waals surface area contributed by atoms with E-state index in [-0.39, 0.29) is 6.03 Å². The van der Waals surface area contributed by atoms with Crippen LogP contribution in [0, 0.1) is 0 Å². The molecule has 2 N–H and O–H groups in total. The Kier molecular flexibility index (Phi) is 4.06. The number of fused-ring (bicyclic) bond motifs is 1. The number of likely N-dealkylation sites (tertiary alicyclic amines) is 1. The number of aromatic nitrogens is 1. The van der Waals surface area contributed by atoms with Crippen LogP contribution in [0.4, 0.5) is 4.79 Å². The number of carbonyl (C=O) groups is 1. The first-order chi connectivity index (χ1) is 11.7. The molecule has 4 rings (SSSR count). The molecule has 0 unspecified atom stereocenters. The first-order valence-electron chi connectivity index (χ1n) is 8.77. The zero-order chi connectivity index (χ0) is 16.5. The van der Waals surface area contributed by atoms with Crippen LogP contribution in [-0.2, 0) is 6.42 Å². The topological polar surface area (TPSA) is 60.7 Å². The molecular weight excluding hydrogens is 304 g/mol. The van der Waals surface area contributed by atoms with Crippen LogP contribution in [0.15, 0.2) is 30.5 Å². The van der Waals surface area contributed by atoms with Gasteiger partial charge in [0.15, 0.2) is 0 Å². The molecule has 6 nitrogen and oxygen atoms in total. The van der Waals surface area contributed by atoms with E-state index in [0.29, 0.717) is 6.04 Å². The van der Waals surface area contributed by atoms with Gasteiger partial charge in [-0.3, -0.25) is 0 Å². The van der Waals surface area contributed by atoms with Crippen molar-refractivity contribution in [2.75, 3.05) is 32.7 Å². The Hall–Kier alpha value is -2.21. The second kappa shape index (κ2) is 6.36. The molecule has 1 aromatic carbocycles. The van der Waals surface area contributed by atoms with Crippen molar-refractivity contribution in [1.82, 2.24) is 19.8 Å². The molecule has 2 fully saturated rings. The summed E-state index contributed by atoms with van der Waals surface area (Å²) in [6.07, 6.45) is 4.86. The van der Waals surface area contributed by atoms with E-state index in [1.807, 2.05) is 29.3 Å². The van der Waals surface area contributed by atoms with Gasteiger partial charge in [-0.25, -0.2) is 4.79 Å². The highest BCUT2D eigenvalue weighted by molar-refractivity contribution is 5.83. The molecule has 0 saturated carbocycles. The Morgan fingerprint density at radius 1 is 1.17 bits per heavy atom. The van der Waals surface area contributed by atoms with Crippen LogP contribution >= 0.6 is 0 Å².